The first-order chi connectivity index (χ1) is 9.25. The van der Waals surface area contributed by atoms with Crippen molar-refractivity contribution in [3.63, 3.8) is 0 Å². The summed E-state index contributed by atoms with van der Waals surface area (Å²) in [6.07, 6.45) is 0. The fourth-order valence-electron chi connectivity index (χ4n) is 2.65. The molecule has 0 bridgehead atoms. The summed E-state index contributed by atoms with van der Waals surface area (Å²) in [5.41, 5.74) is 1.01. The van der Waals surface area contributed by atoms with Crippen LogP contribution in [0.4, 0.5) is 0 Å². The largest absolute Gasteiger partial charge is 0.352 e. The maximum absolute atomic E-state index is 12.7. The Morgan fingerprint density at radius 2 is 2.10 bits per heavy atom. The number of hydrogen-bond acceptors (Lipinski definition) is 3. The van der Waals surface area contributed by atoms with Gasteiger partial charge in [-0.1, -0.05) is 0 Å². The molecule has 0 saturated carbocycles. The molecule has 6 heteroatoms. The lowest BCUT2D eigenvalue weighted by Gasteiger charge is -2.42. The number of rotatable bonds is 2. The van der Waals surface area contributed by atoms with E-state index < -0.39 is 11.6 Å². The second-order valence-electron chi connectivity index (χ2n) is 5.85. The lowest BCUT2D eigenvalue weighted by Crippen LogP contribution is -2.64. The minimum absolute atomic E-state index is 0.0731. The zero-order valence-electron chi connectivity index (χ0n) is 12.7. The van der Waals surface area contributed by atoms with E-state index in [-0.39, 0.29) is 11.8 Å². The van der Waals surface area contributed by atoms with Crippen LogP contribution in [0.1, 0.15) is 38.2 Å². The van der Waals surface area contributed by atoms with Gasteiger partial charge in [-0.25, -0.2) is 0 Å². The average molecular weight is 278 g/mol. The summed E-state index contributed by atoms with van der Waals surface area (Å²) in [6, 6.07) is 1.53. The predicted octanol–water partition coefficient (Wildman–Crippen LogP) is 0.798. The van der Waals surface area contributed by atoms with Crippen molar-refractivity contribution < 1.29 is 9.59 Å². The molecule has 0 spiro atoms. The van der Waals surface area contributed by atoms with E-state index in [1.807, 2.05) is 26.8 Å². The summed E-state index contributed by atoms with van der Waals surface area (Å²) >= 11 is 0. The summed E-state index contributed by atoms with van der Waals surface area (Å²) in [5.74, 6) is -0.186. The van der Waals surface area contributed by atoms with Crippen LogP contribution in [0.15, 0.2) is 6.07 Å². The molecule has 0 radical (unpaired) electrons. The van der Waals surface area contributed by atoms with Crippen LogP contribution in [-0.4, -0.2) is 45.1 Å². The Morgan fingerprint density at radius 3 is 2.65 bits per heavy atom. The number of nitrogens with zero attached hydrogens (tertiary/aromatic N) is 3. The summed E-state index contributed by atoms with van der Waals surface area (Å²) in [7, 11) is 0. The number of aromatic nitrogens is 2. The number of carbonyl (C=O) groups is 2. The van der Waals surface area contributed by atoms with Gasteiger partial charge in [0.25, 0.3) is 0 Å². The van der Waals surface area contributed by atoms with E-state index in [4.69, 9.17) is 0 Å². The van der Waals surface area contributed by atoms with Gasteiger partial charge >= 0.3 is 0 Å². The summed E-state index contributed by atoms with van der Waals surface area (Å²) in [5, 5.41) is 7.16. The minimum Gasteiger partial charge on any atom is -0.352 e. The van der Waals surface area contributed by atoms with Gasteiger partial charge in [-0.2, -0.15) is 5.10 Å². The van der Waals surface area contributed by atoms with E-state index >= 15 is 0 Å². The van der Waals surface area contributed by atoms with Gasteiger partial charge < -0.3 is 10.2 Å². The molecular formula is C14H22N4O2. The van der Waals surface area contributed by atoms with Crippen LogP contribution in [-0.2, 0) is 9.59 Å². The number of aryl methyl sites for hydroxylation is 2. The van der Waals surface area contributed by atoms with E-state index in [2.05, 4.69) is 10.4 Å². The smallest absolute Gasteiger partial charge is 0.248 e. The highest BCUT2D eigenvalue weighted by atomic mass is 16.2. The Labute approximate surface area is 119 Å². The third-order valence-corrected chi connectivity index (χ3v) is 3.89. The molecule has 1 N–H and O–H groups in total. The molecule has 1 saturated heterocycles. The average Bonchev–Trinajstić information content (AvgIpc) is 2.70. The fourth-order valence-corrected chi connectivity index (χ4v) is 2.65. The van der Waals surface area contributed by atoms with Crippen molar-refractivity contribution in [1.82, 2.24) is 20.0 Å². The molecule has 1 aromatic rings. The van der Waals surface area contributed by atoms with Crippen molar-refractivity contribution in [2.24, 2.45) is 0 Å². The van der Waals surface area contributed by atoms with Crippen molar-refractivity contribution in [3.05, 3.63) is 17.5 Å². The summed E-state index contributed by atoms with van der Waals surface area (Å²) in [4.78, 5) is 26.3. The lowest BCUT2D eigenvalue weighted by atomic mass is 9.98. The summed E-state index contributed by atoms with van der Waals surface area (Å²) < 4.78 is 1.72. The van der Waals surface area contributed by atoms with Gasteiger partial charge in [0.05, 0.1) is 5.69 Å². The van der Waals surface area contributed by atoms with Crippen molar-refractivity contribution >= 4 is 11.8 Å². The van der Waals surface area contributed by atoms with Crippen LogP contribution in [0, 0.1) is 13.8 Å². The minimum atomic E-state index is -0.820. The Bertz CT molecular complexity index is 547. The first-order valence-electron chi connectivity index (χ1n) is 6.87. The number of nitrogens with one attached hydrogen (secondary N) is 1. The van der Waals surface area contributed by atoms with E-state index in [0.717, 1.165) is 11.4 Å². The molecule has 1 fully saturated rings. The Balaban J connectivity index is 2.26. The quantitative estimate of drug-likeness (QED) is 0.870. The van der Waals surface area contributed by atoms with Crippen molar-refractivity contribution in [2.45, 2.75) is 46.2 Å². The molecule has 2 amide bonds. The monoisotopic (exact) mass is 278 g/mol. The van der Waals surface area contributed by atoms with E-state index in [1.54, 1.807) is 23.4 Å². The van der Waals surface area contributed by atoms with Crippen LogP contribution >= 0.6 is 0 Å². The number of carbonyl (C=O) groups excluding carboxylic acids is 2. The van der Waals surface area contributed by atoms with Gasteiger partial charge in [-0.15, -0.1) is 0 Å². The van der Waals surface area contributed by atoms with Gasteiger partial charge in [-0.05, 0) is 40.7 Å². The molecule has 1 aliphatic rings. The molecule has 1 aliphatic heterocycles. The molecule has 6 nitrogen and oxygen atoms in total. The zero-order valence-corrected chi connectivity index (χ0v) is 12.7. The molecule has 2 heterocycles. The molecule has 110 valence electrons. The van der Waals surface area contributed by atoms with Gasteiger partial charge in [0.2, 0.25) is 11.8 Å². The second-order valence-corrected chi connectivity index (χ2v) is 5.85. The van der Waals surface area contributed by atoms with Gasteiger partial charge in [0.1, 0.15) is 11.6 Å². The maximum atomic E-state index is 12.7. The highest BCUT2D eigenvalue weighted by Crippen LogP contribution is 2.22. The predicted molar refractivity (Wildman–Crippen MR) is 75.2 cm³/mol. The van der Waals surface area contributed by atoms with Gasteiger partial charge in [0.15, 0.2) is 0 Å². The number of amides is 2. The van der Waals surface area contributed by atoms with Crippen LogP contribution in [0.5, 0.6) is 0 Å². The number of hydrogen-bond donors (Lipinski definition) is 1. The van der Waals surface area contributed by atoms with Gasteiger partial charge in [-0.3, -0.25) is 14.3 Å². The molecule has 1 atom stereocenters. The molecular weight excluding hydrogens is 256 g/mol. The van der Waals surface area contributed by atoms with Crippen molar-refractivity contribution in [1.29, 1.82) is 0 Å². The maximum Gasteiger partial charge on any atom is 0.248 e. The lowest BCUT2D eigenvalue weighted by molar-refractivity contribution is -0.151. The van der Waals surface area contributed by atoms with E-state index in [9.17, 15) is 9.59 Å². The first kappa shape index (κ1) is 14.6. The van der Waals surface area contributed by atoms with Crippen LogP contribution in [0.25, 0.3) is 0 Å². The van der Waals surface area contributed by atoms with Crippen LogP contribution in [0.3, 0.4) is 0 Å². The molecule has 0 aliphatic carbocycles. The zero-order chi connectivity index (χ0) is 15.1. The van der Waals surface area contributed by atoms with Crippen LogP contribution in [0.2, 0.25) is 0 Å². The normalized spacial score (nSPS) is 19.6. The molecule has 0 aromatic carbocycles. The fraction of sp³-hybridized carbons (Fsp3) is 0.643. The SMILES string of the molecule is Cc1cc(C)n([C@@H](C)C(=O)N2CCNC(=O)C2(C)C)n1. The molecule has 0 unspecified atom stereocenters. The van der Waals surface area contributed by atoms with E-state index in [0.29, 0.717) is 13.1 Å². The number of piperazine rings is 1. The standard InChI is InChI=1S/C14H22N4O2/c1-9-8-10(2)18(16-9)11(3)12(19)17-7-6-15-13(20)14(17,4)5/h8,11H,6-7H2,1-5H3,(H,15,20)/t11-/m0/s1. The third-order valence-electron chi connectivity index (χ3n) is 3.89. The first-order valence-corrected chi connectivity index (χ1v) is 6.87. The van der Waals surface area contributed by atoms with Gasteiger partial charge in [0, 0.05) is 18.8 Å². The Morgan fingerprint density at radius 1 is 1.45 bits per heavy atom. The molecule has 2 rings (SSSR count). The summed E-state index contributed by atoms with van der Waals surface area (Å²) in [6.45, 7) is 10.2. The van der Waals surface area contributed by atoms with Crippen molar-refractivity contribution in [2.75, 3.05) is 13.1 Å². The Hall–Kier alpha value is -1.85. The second kappa shape index (κ2) is 4.92. The Kier molecular flexibility index (Phi) is 3.58. The van der Waals surface area contributed by atoms with E-state index in [1.165, 1.54) is 0 Å². The molecule has 1 aromatic heterocycles. The van der Waals surface area contributed by atoms with Crippen molar-refractivity contribution in [3.8, 4) is 0 Å². The van der Waals surface area contributed by atoms with Crippen LogP contribution < -0.4 is 5.32 Å². The highest BCUT2D eigenvalue weighted by molar-refractivity contribution is 5.92. The third kappa shape index (κ3) is 2.30. The topological polar surface area (TPSA) is 67.2 Å². The highest BCUT2D eigenvalue weighted by Gasteiger charge is 2.42. The molecule has 20 heavy (non-hydrogen) atoms.